The standard InChI is InChI=1S/C24H30N6O2/c1-5-27(6-2)15-16-28-18(3)17-30-20-21(25-23(28)30)26(4)24(32)29(22(20)31)14-10-13-19-11-8-7-9-12-19/h7-13,17H,5-6,14-16H2,1-4H3. The molecule has 32 heavy (non-hydrogen) atoms. The number of allylic oxidation sites excluding steroid dienone is 1. The van der Waals surface area contributed by atoms with Crippen LogP contribution in [0.15, 0.2) is 52.2 Å². The van der Waals surface area contributed by atoms with Crippen LogP contribution >= 0.6 is 0 Å². The summed E-state index contributed by atoms with van der Waals surface area (Å²) in [7, 11) is 1.67. The second-order valence-electron chi connectivity index (χ2n) is 7.97. The minimum absolute atomic E-state index is 0.200. The van der Waals surface area contributed by atoms with Crippen molar-refractivity contribution in [2.45, 2.75) is 33.9 Å². The van der Waals surface area contributed by atoms with Crippen molar-refractivity contribution in [1.82, 2.24) is 28.0 Å². The number of hydrogen-bond donors (Lipinski definition) is 0. The summed E-state index contributed by atoms with van der Waals surface area (Å²) in [4.78, 5) is 33.3. The molecule has 8 heteroatoms. The Morgan fingerprint density at radius 2 is 1.78 bits per heavy atom. The van der Waals surface area contributed by atoms with Crippen molar-refractivity contribution in [2.75, 3.05) is 19.6 Å². The summed E-state index contributed by atoms with van der Waals surface area (Å²) in [6.07, 6.45) is 5.68. The highest BCUT2D eigenvalue weighted by molar-refractivity contribution is 5.75. The number of imidazole rings is 2. The van der Waals surface area contributed by atoms with Crippen molar-refractivity contribution in [2.24, 2.45) is 7.05 Å². The van der Waals surface area contributed by atoms with Gasteiger partial charge in [0.15, 0.2) is 11.2 Å². The van der Waals surface area contributed by atoms with E-state index in [4.69, 9.17) is 4.98 Å². The fourth-order valence-electron chi connectivity index (χ4n) is 4.13. The van der Waals surface area contributed by atoms with Gasteiger partial charge in [-0.1, -0.05) is 56.3 Å². The Labute approximate surface area is 186 Å². The van der Waals surface area contributed by atoms with Crippen LogP contribution in [0.25, 0.3) is 23.0 Å². The van der Waals surface area contributed by atoms with Crippen molar-refractivity contribution < 1.29 is 0 Å². The van der Waals surface area contributed by atoms with Crippen molar-refractivity contribution in [3.05, 3.63) is 74.7 Å². The zero-order chi connectivity index (χ0) is 22.8. The quantitative estimate of drug-likeness (QED) is 0.427. The lowest BCUT2D eigenvalue weighted by Crippen LogP contribution is -2.39. The monoisotopic (exact) mass is 434 g/mol. The fraction of sp³-hybridized carbons (Fsp3) is 0.375. The fourth-order valence-corrected chi connectivity index (χ4v) is 4.13. The van der Waals surface area contributed by atoms with Crippen LogP contribution in [0.1, 0.15) is 25.1 Å². The maximum atomic E-state index is 13.3. The van der Waals surface area contributed by atoms with Gasteiger partial charge in [0.2, 0.25) is 5.78 Å². The van der Waals surface area contributed by atoms with Gasteiger partial charge in [-0.15, -0.1) is 0 Å². The van der Waals surface area contributed by atoms with Crippen LogP contribution in [0.3, 0.4) is 0 Å². The summed E-state index contributed by atoms with van der Waals surface area (Å²) >= 11 is 0. The van der Waals surface area contributed by atoms with Gasteiger partial charge in [0.1, 0.15) is 0 Å². The third-order valence-electron chi connectivity index (χ3n) is 6.07. The minimum atomic E-state index is -0.368. The predicted octanol–water partition coefficient (Wildman–Crippen LogP) is 2.51. The minimum Gasteiger partial charge on any atom is -0.313 e. The van der Waals surface area contributed by atoms with E-state index < -0.39 is 0 Å². The molecule has 3 heterocycles. The molecule has 0 aliphatic rings. The number of benzene rings is 1. The molecule has 0 saturated carbocycles. The Hall–Kier alpha value is -3.39. The van der Waals surface area contributed by atoms with E-state index in [1.165, 1.54) is 9.13 Å². The van der Waals surface area contributed by atoms with Gasteiger partial charge in [0.05, 0.1) is 0 Å². The van der Waals surface area contributed by atoms with Crippen LogP contribution in [0.4, 0.5) is 0 Å². The molecule has 1 aromatic carbocycles. The first-order valence-corrected chi connectivity index (χ1v) is 11.1. The van der Waals surface area contributed by atoms with E-state index in [9.17, 15) is 9.59 Å². The molecule has 0 fully saturated rings. The number of aryl methyl sites for hydroxylation is 2. The number of nitrogens with zero attached hydrogens (tertiary/aromatic N) is 6. The number of rotatable bonds is 8. The van der Waals surface area contributed by atoms with Gasteiger partial charge in [-0.25, -0.2) is 4.79 Å². The van der Waals surface area contributed by atoms with E-state index in [0.717, 1.165) is 37.4 Å². The molecule has 0 amide bonds. The molecule has 0 unspecified atom stereocenters. The third kappa shape index (κ3) is 3.82. The molecule has 4 aromatic rings. The molecule has 0 aliphatic heterocycles. The molecule has 168 valence electrons. The Balaban J connectivity index is 1.77. The van der Waals surface area contributed by atoms with Gasteiger partial charge >= 0.3 is 5.69 Å². The van der Waals surface area contributed by atoms with Gasteiger partial charge in [-0.3, -0.25) is 18.3 Å². The van der Waals surface area contributed by atoms with Crippen LogP contribution in [0.2, 0.25) is 0 Å². The second kappa shape index (κ2) is 9.00. The summed E-state index contributed by atoms with van der Waals surface area (Å²) in [6.45, 7) is 10.2. The van der Waals surface area contributed by atoms with Gasteiger partial charge < -0.3 is 9.47 Å². The predicted molar refractivity (Wildman–Crippen MR) is 128 cm³/mol. The Morgan fingerprint density at radius 3 is 2.47 bits per heavy atom. The number of fused-ring (bicyclic) bond motifs is 3. The summed E-state index contributed by atoms with van der Waals surface area (Å²) in [5, 5.41) is 0. The van der Waals surface area contributed by atoms with E-state index in [1.807, 2.05) is 60.0 Å². The van der Waals surface area contributed by atoms with Crippen molar-refractivity contribution >= 4 is 23.0 Å². The van der Waals surface area contributed by atoms with Crippen LogP contribution in [-0.2, 0) is 20.1 Å². The molecular weight excluding hydrogens is 404 g/mol. The normalized spacial score (nSPS) is 12.2. The molecular formula is C24H30N6O2. The molecule has 0 aliphatic carbocycles. The average molecular weight is 435 g/mol. The summed E-state index contributed by atoms with van der Waals surface area (Å²) in [6, 6.07) is 9.81. The first kappa shape index (κ1) is 21.8. The zero-order valence-electron chi connectivity index (χ0n) is 19.2. The Bertz CT molecular complexity index is 1380. The molecule has 0 N–H and O–H groups in total. The Kier molecular flexibility index (Phi) is 6.14. The molecule has 4 rings (SSSR count). The second-order valence-corrected chi connectivity index (χ2v) is 7.97. The summed E-state index contributed by atoms with van der Waals surface area (Å²) < 4.78 is 6.66. The van der Waals surface area contributed by atoms with Gasteiger partial charge in [-0.05, 0) is 25.6 Å². The van der Waals surface area contributed by atoms with Gasteiger partial charge in [-0.2, -0.15) is 4.98 Å². The highest BCUT2D eigenvalue weighted by atomic mass is 16.2. The molecule has 8 nitrogen and oxygen atoms in total. The summed E-state index contributed by atoms with van der Waals surface area (Å²) in [5.41, 5.74) is 2.20. The lowest BCUT2D eigenvalue weighted by atomic mass is 10.2. The van der Waals surface area contributed by atoms with Crippen molar-refractivity contribution in [1.29, 1.82) is 0 Å². The lowest BCUT2D eigenvalue weighted by molar-refractivity contribution is 0.291. The lowest BCUT2D eigenvalue weighted by Gasteiger charge is -2.18. The number of aromatic nitrogens is 5. The highest BCUT2D eigenvalue weighted by Crippen LogP contribution is 2.16. The van der Waals surface area contributed by atoms with Crippen LogP contribution < -0.4 is 11.2 Å². The number of hydrogen-bond acceptors (Lipinski definition) is 4. The molecule has 0 bridgehead atoms. The van der Waals surface area contributed by atoms with E-state index >= 15 is 0 Å². The molecule has 0 spiro atoms. The Morgan fingerprint density at radius 1 is 1.06 bits per heavy atom. The van der Waals surface area contributed by atoms with Gasteiger partial charge in [0.25, 0.3) is 5.56 Å². The maximum Gasteiger partial charge on any atom is 0.332 e. The van der Waals surface area contributed by atoms with Crippen molar-refractivity contribution in [3.63, 3.8) is 0 Å². The van der Waals surface area contributed by atoms with E-state index in [2.05, 4.69) is 23.3 Å². The largest absolute Gasteiger partial charge is 0.332 e. The first-order valence-electron chi connectivity index (χ1n) is 11.1. The summed E-state index contributed by atoms with van der Waals surface area (Å²) in [5.74, 6) is 0.689. The third-order valence-corrected chi connectivity index (χ3v) is 6.07. The van der Waals surface area contributed by atoms with Crippen molar-refractivity contribution in [3.8, 4) is 0 Å². The van der Waals surface area contributed by atoms with Crippen LogP contribution in [0.5, 0.6) is 0 Å². The number of likely N-dealkylation sites (N-methyl/N-ethyl adjacent to an activating group) is 1. The van der Waals surface area contributed by atoms with E-state index in [0.29, 0.717) is 16.9 Å². The SMILES string of the molecule is CCN(CC)CCn1c(C)cn2c3c(=O)n(CC=Cc4ccccc4)c(=O)n(C)c3nc12. The molecule has 0 saturated heterocycles. The van der Waals surface area contributed by atoms with E-state index in [-0.39, 0.29) is 17.8 Å². The molecule has 0 atom stereocenters. The maximum absolute atomic E-state index is 13.3. The molecule has 3 aromatic heterocycles. The van der Waals surface area contributed by atoms with Crippen LogP contribution in [-0.4, -0.2) is 47.6 Å². The smallest absolute Gasteiger partial charge is 0.313 e. The van der Waals surface area contributed by atoms with E-state index in [1.54, 1.807) is 7.05 Å². The zero-order valence-corrected chi connectivity index (χ0v) is 19.2. The van der Waals surface area contributed by atoms with Crippen LogP contribution in [0, 0.1) is 6.92 Å². The topological polar surface area (TPSA) is 69.5 Å². The first-order chi connectivity index (χ1) is 15.5. The highest BCUT2D eigenvalue weighted by Gasteiger charge is 2.20. The van der Waals surface area contributed by atoms with Gasteiger partial charge in [0, 0.05) is 38.6 Å². The average Bonchev–Trinajstić information content (AvgIpc) is 3.31. The molecule has 0 radical (unpaired) electrons.